The van der Waals surface area contributed by atoms with Crippen molar-refractivity contribution in [2.24, 2.45) is 5.92 Å². The van der Waals surface area contributed by atoms with E-state index in [4.69, 9.17) is 9.47 Å². The fourth-order valence-corrected chi connectivity index (χ4v) is 5.86. The zero-order valence-corrected chi connectivity index (χ0v) is 19.7. The second-order valence-corrected chi connectivity index (χ2v) is 9.91. The van der Waals surface area contributed by atoms with Gasteiger partial charge in [-0.3, -0.25) is 4.79 Å². The second-order valence-electron chi connectivity index (χ2n) is 9.91. The summed E-state index contributed by atoms with van der Waals surface area (Å²) in [7, 11) is 0. The highest BCUT2D eigenvalue weighted by molar-refractivity contribution is 5.97. The molecule has 1 saturated heterocycles. The molecule has 0 aliphatic carbocycles. The van der Waals surface area contributed by atoms with Crippen LogP contribution in [0.3, 0.4) is 0 Å². The minimum Gasteiger partial charge on any atom is -0.454 e. The van der Waals surface area contributed by atoms with Gasteiger partial charge in [0.25, 0.3) is 5.91 Å². The molecular formula is C29H32N2O3. The average molecular weight is 457 g/mol. The van der Waals surface area contributed by atoms with E-state index in [2.05, 4.69) is 52.3 Å². The van der Waals surface area contributed by atoms with Gasteiger partial charge in [0.05, 0.1) is 0 Å². The molecule has 176 valence electrons. The van der Waals surface area contributed by atoms with Gasteiger partial charge in [-0.15, -0.1) is 0 Å². The van der Waals surface area contributed by atoms with Crippen LogP contribution in [0.15, 0.2) is 54.6 Å². The number of carbonyl (C=O) groups excluding carboxylic acids is 1. The van der Waals surface area contributed by atoms with Crippen LogP contribution in [0.25, 0.3) is 10.8 Å². The highest BCUT2D eigenvalue weighted by Crippen LogP contribution is 2.37. The van der Waals surface area contributed by atoms with Crippen molar-refractivity contribution in [1.82, 2.24) is 9.80 Å². The molecule has 3 aliphatic rings. The molecule has 5 nitrogen and oxygen atoms in total. The van der Waals surface area contributed by atoms with Crippen molar-refractivity contribution in [3.8, 4) is 11.5 Å². The summed E-state index contributed by atoms with van der Waals surface area (Å²) >= 11 is 0. The van der Waals surface area contributed by atoms with Gasteiger partial charge in [0.2, 0.25) is 6.79 Å². The summed E-state index contributed by atoms with van der Waals surface area (Å²) in [6.07, 6.45) is 5.63. The fourth-order valence-electron chi connectivity index (χ4n) is 5.86. The van der Waals surface area contributed by atoms with Gasteiger partial charge in [-0.25, -0.2) is 0 Å². The van der Waals surface area contributed by atoms with Crippen molar-refractivity contribution in [3.63, 3.8) is 0 Å². The third-order valence-electron chi connectivity index (χ3n) is 7.68. The van der Waals surface area contributed by atoms with Crippen LogP contribution in [-0.4, -0.2) is 55.2 Å². The highest BCUT2D eigenvalue weighted by atomic mass is 16.7. The lowest BCUT2D eigenvalue weighted by atomic mass is 9.95. The van der Waals surface area contributed by atoms with E-state index in [-0.39, 0.29) is 12.7 Å². The molecule has 0 aromatic heterocycles. The number of carbonyl (C=O) groups is 1. The number of benzene rings is 3. The SMILES string of the molecule is O=C1c2cc3c(cc2CCN1CC1CCCCN(CCc2cccc4ccccc24)C1)OCO3. The third-order valence-corrected chi connectivity index (χ3v) is 7.68. The van der Waals surface area contributed by atoms with Crippen LogP contribution in [0.1, 0.15) is 40.7 Å². The molecule has 1 unspecified atom stereocenters. The van der Waals surface area contributed by atoms with Gasteiger partial charge in [-0.1, -0.05) is 48.9 Å². The normalized spacial score (nSPS) is 20.4. The third kappa shape index (κ3) is 4.25. The summed E-state index contributed by atoms with van der Waals surface area (Å²) < 4.78 is 11.0. The van der Waals surface area contributed by atoms with Crippen molar-refractivity contribution >= 4 is 16.7 Å². The molecule has 3 aromatic rings. The van der Waals surface area contributed by atoms with Gasteiger partial charge < -0.3 is 19.3 Å². The van der Waals surface area contributed by atoms with Crippen LogP contribution in [-0.2, 0) is 12.8 Å². The number of ether oxygens (including phenoxy) is 2. The predicted molar refractivity (Wildman–Crippen MR) is 134 cm³/mol. The van der Waals surface area contributed by atoms with Crippen LogP contribution in [0, 0.1) is 5.92 Å². The summed E-state index contributed by atoms with van der Waals surface area (Å²) in [5.41, 5.74) is 3.31. The van der Waals surface area contributed by atoms with Gasteiger partial charge in [0.1, 0.15) is 0 Å². The maximum atomic E-state index is 13.3. The smallest absolute Gasteiger partial charge is 0.254 e. The first-order valence-electron chi connectivity index (χ1n) is 12.7. The number of hydrogen-bond donors (Lipinski definition) is 0. The monoisotopic (exact) mass is 456 g/mol. The Balaban J connectivity index is 1.11. The molecule has 6 rings (SSSR count). The Morgan fingerprint density at radius 3 is 2.74 bits per heavy atom. The molecular weight excluding hydrogens is 424 g/mol. The Labute approximate surface area is 201 Å². The molecule has 1 fully saturated rings. The topological polar surface area (TPSA) is 42.0 Å². The maximum Gasteiger partial charge on any atom is 0.254 e. The molecule has 1 amide bonds. The largest absolute Gasteiger partial charge is 0.454 e. The van der Waals surface area contributed by atoms with E-state index in [0.717, 1.165) is 62.4 Å². The highest BCUT2D eigenvalue weighted by Gasteiger charge is 2.30. The van der Waals surface area contributed by atoms with Gasteiger partial charge in [0, 0.05) is 31.7 Å². The summed E-state index contributed by atoms with van der Waals surface area (Å²) in [6.45, 7) is 5.18. The number of rotatable bonds is 5. The van der Waals surface area contributed by atoms with Crippen LogP contribution in [0.4, 0.5) is 0 Å². The molecule has 0 radical (unpaired) electrons. The summed E-state index contributed by atoms with van der Waals surface area (Å²) in [5, 5.41) is 2.69. The Kier molecular flexibility index (Phi) is 5.88. The first kappa shape index (κ1) is 21.5. The molecule has 3 aromatic carbocycles. The minimum absolute atomic E-state index is 0.145. The molecule has 0 saturated carbocycles. The molecule has 3 aliphatic heterocycles. The zero-order valence-electron chi connectivity index (χ0n) is 19.7. The lowest BCUT2D eigenvalue weighted by Crippen LogP contribution is -2.43. The first-order valence-corrected chi connectivity index (χ1v) is 12.7. The average Bonchev–Trinajstić information content (AvgIpc) is 3.21. The van der Waals surface area contributed by atoms with Crippen LogP contribution in [0.2, 0.25) is 0 Å². The van der Waals surface area contributed by atoms with Gasteiger partial charge >= 0.3 is 0 Å². The maximum absolute atomic E-state index is 13.3. The van der Waals surface area contributed by atoms with E-state index in [1.165, 1.54) is 35.6 Å². The van der Waals surface area contributed by atoms with Gasteiger partial charge in [-0.05, 0) is 72.2 Å². The van der Waals surface area contributed by atoms with E-state index in [1.54, 1.807) is 0 Å². The molecule has 0 N–H and O–H groups in total. The first-order chi connectivity index (χ1) is 16.7. The molecule has 1 atom stereocenters. The Morgan fingerprint density at radius 2 is 1.79 bits per heavy atom. The summed E-state index contributed by atoms with van der Waals surface area (Å²) in [4.78, 5) is 18.0. The van der Waals surface area contributed by atoms with Crippen molar-refractivity contribution < 1.29 is 14.3 Å². The van der Waals surface area contributed by atoms with Gasteiger partial charge in [-0.2, -0.15) is 0 Å². The molecule has 3 heterocycles. The quantitative estimate of drug-likeness (QED) is 0.547. The van der Waals surface area contributed by atoms with Crippen LogP contribution < -0.4 is 9.47 Å². The number of likely N-dealkylation sites (tertiary alicyclic amines) is 1. The van der Waals surface area contributed by atoms with E-state index >= 15 is 0 Å². The van der Waals surface area contributed by atoms with Crippen LogP contribution >= 0.6 is 0 Å². The Hall–Kier alpha value is -3.05. The lowest BCUT2D eigenvalue weighted by molar-refractivity contribution is 0.0695. The Morgan fingerprint density at radius 1 is 0.941 bits per heavy atom. The number of hydrogen-bond acceptors (Lipinski definition) is 4. The van der Waals surface area contributed by atoms with Crippen molar-refractivity contribution in [1.29, 1.82) is 0 Å². The number of fused-ring (bicyclic) bond motifs is 3. The fraction of sp³-hybridized carbons (Fsp3) is 0.414. The molecule has 5 heteroatoms. The van der Waals surface area contributed by atoms with Crippen molar-refractivity contribution in [2.45, 2.75) is 32.1 Å². The summed E-state index contributed by atoms with van der Waals surface area (Å²) in [5.74, 6) is 2.13. The molecule has 0 bridgehead atoms. The summed E-state index contributed by atoms with van der Waals surface area (Å²) in [6, 6.07) is 19.2. The van der Waals surface area contributed by atoms with E-state index in [0.29, 0.717) is 11.7 Å². The number of amides is 1. The van der Waals surface area contributed by atoms with Gasteiger partial charge in [0.15, 0.2) is 11.5 Å². The van der Waals surface area contributed by atoms with Crippen LogP contribution in [0.5, 0.6) is 11.5 Å². The van der Waals surface area contributed by atoms with E-state index < -0.39 is 0 Å². The predicted octanol–water partition coefficient (Wildman–Crippen LogP) is 4.91. The molecule has 34 heavy (non-hydrogen) atoms. The van der Waals surface area contributed by atoms with Crippen molar-refractivity contribution in [2.75, 3.05) is 39.5 Å². The van der Waals surface area contributed by atoms with E-state index in [9.17, 15) is 4.79 Å². The second kappa shape index (κ2) is 9.30. The molecule has 0 spiro atoms. The zero-order chi connectivity index (χ0) is 22.9. The van der Waals surface area contributed by atoms with E-state index in [1.807, 2.05) is 12.1 Å². The lowest BCUT2D eigenvalue weighted by Gasteiger charge is -2.33. The minimum atomic E-state index is 0.145. The number of nitrogens with zero attached hydrogens (tertiary/aromatic N) is 2. The van der Waals surface area contributed by atoms with Crippen molar-refractivity contribution in [3.05, 3.63) is 71.3 Å². The standard InChI is InChI=1S/C29H32N2O3/c32-29-26-17-28-27(33-20-34-28)16-24(26)12-15-31(29)19-21-6-3-4-13-30(18-21)14-11-23-9-5-8-22-7-1-2-10-25(22)23/h1-2,5,7-10,16-17,21H,3-4,6,11-15,18-20H2. The Bertz CT molecular complexity index is 1200.